The van der Waals surface area contributed by atoms with Crippen molar-refractivity contribution in [3.63, 3.8) is 0 Å². The van der Waals surface area contributed by atoms with Crippen LogP contribution in [0.5, 0.6) is 0 Å². The van der Waals surface area contributed by atoms with Crippen molar-refractivity contribution in [2.75, 3.05) is 13.1 Å². The number of rotatable bonds is 4. The van der Waals surface area contributed by atoms with E-state index in [2.05, 4.69) is 23.8 Å². The van der Waals surface area contributed by atoms with Crippen LogP contribution in [0, 0.1) is 0 Å². The second-order valence-corrected chi connectivity index (χ2v) is 5.30. The van der Waals surface area contributed by atoms with Gasteiger partial charge in [0.1, 0.15) is 0 Å². The maximum atomic E-state index is 6.46. The lowest BCUT2D eigenvalue weighted by molar-refractivity contribution is 0.0982. The van der Waals surface area contributed by atoms with Gasteiger partial charge in [0.25, 0.3) is 0 Å². The molecular formula is C13H24N4. The van der Waals surface area contributed by atoms with Gasteiger partial charge < -0.3 is 5.73 Å². The van der Waals surface area contributed by atoms with E-state index in [1.54, 1.807) is 0 Å². The maximum absolute atomic E-state index is 6.46. The number of likely N-dealkylation sites (tertiary alicyclic amines) is 1. The van der Waals surface area contributed by atoms with Gasteiger partial charge in [-0.25, -0.2) is 0 Å². The van der Waals surface area contributed by atoms with Crippen molar-refractivity contribution in [2.45, 2.75) is 44.7 Å². The summed E-state index contributed by atoms with van der Waals surface area (Å²) in [7, 11) is 1.94. The Morgan fingerprint density at radius 1 is 1.47 bits per heavy atom. The Kier molecular flexibility index (Phi) is 3.54. The van der Waals surface area contributed by atoms with E-state index in [0.29, 0.717) is 0 Å². The highest BCUT2D eigenvalue weighted by atomic mass is 15.3. The lowest BCUT2D eigenvalue weighted by Gasteiger charge is -2.42. The maximum Gasteiger partial charge on any atom is 0.0810 e. The van der Waals surface area contributed by atoms with Crippen LogP contribution < -0.4 is 5.73 Å². The molecule has 0 radical (unpaired) electrons. The van der Waals surface area contributed by atoms with Gasteiger partial charge in [-0.2, -0.15) is 5.10 Å². The van der Waals surface area contributed by atoms with Crippen LogP contribution in [0.15, 0.2) is 12.3 Å². The predicted molar refractivity (Wildman–Crippen MR) is 69.6 cm³/mol. The van der Waals surface area contributed by atoms with Crippen molar-refractivity contribution < 1.29 is 0 Å². The molecular weight excluding hydrogens is 212 g/mol. The molecule has 2 atom stereocenters. The number of aryl methyl sites for hydroxylation is 1. The monoisotopic (exact) mass is 236 g/mol. The van der Waals surface area contributed by atoms with Crippen LogP contribution in [-0.2, 0) is 7.05 Å². The van der Waals surface area contributed by atoms with E-state index in [1.165, 1.54) is 25.9 Å². The molecule has 1 aliphatic rings. The van der Waals surface area contributed by atoms with E-state index in [9.17, 15) is 0 Å². The second kappa shape index (κ2) is 4.78. The first-order valence-corrected chi connectivity index (χ1v) is 6.58. The van der Waals surface area contributed by atoms with E-state index in [0.717, 1.165) is 12.1 Å². The zero-order valence-corrected chi connectivity index (χ0v) is 11.2. The molecule has 1 aromatic heterocycles. The Balaban J connectivity index is 2.21. The van der Waals surface area contributed by atoms with Crippen LogP contribution >= 0.6 is 0 Å². The Labute approximate surface area is 104 Å². The van der Waals surface area contributed by atoms with Gasteiger partial charge in [-0.15, -0.1) is 0 Å². The molecule has 1 fully saturated rings. The number of nitrogens with zero attached hydrogens (tertiary/aromatic N) is 3. The van der Waals surface area contributed by atoms with Gasteiger partial charge in [0.2, 0.25) is 0 Å². The molecule has 1 saturated heterocycles. The largest absolute Gasteiger partial charge is 0.321 e. The van der Waals surface area contributed by atoms with Crippen LogP contribution in [0.25, 0.3) is 0 Å². The summed E-state index contributed by atoms with van der Waals surface area (Å²) in [4.78, 5) is 2.53. The Morgan fingerprint density at radius 3 is 2.59 bits per heavy atom. The Morgan fingerprint density at radius 2 is 2.12 bits per heavy atom. The first-order chi connectivity index (χ1) is 8.08. The zero-order valence-electron chi connectivity index (χ0n) is 11.2. The number of hydrogen-bond donors (Lipinski definition) is 1. The quantitative estimate of drug-likeness (QED) is 0.865. The first kappa shape index (κ1) is 12.6. The fourth-order valence-corrected chi connectivity index (χ4v) is 2.79. The third kappa shape index (κ3) is 2.24. The van der Waals surface area contributed by atoms with Crippen molar-refractivity contribution in [3.05, 3.63) is 18.0 Å². The van der Waals surface area contributed by atoms with Gasteiger partial charge in [0, 0.05) is 18.8 Å². The summed E-state index contributed by atoms with van der Waals surface area (Å²) in [5, 5.41) is 4.46. The van der Waals surface area contributed by atoms with Crippen molar-refractivity contribution in [1.29, 1.82) is 0 Å². The van der Waals surface area contributed by atoms with Gasteiger partial charge in [-0.1, -0.05) is 6.92 Å². The molecule has 4 nitrogen and oxygen atoms in total. The van der Waals surface area contributed by atoms with Crippen LogP contribution in [0.4, 0.5) is 0 Å². The molecule has 0 spiro atoms. The minimum absolute atomic E-state index is 0.00759. The molecule has 17 heavy (non-hydrogen) atoms. The number of nitrogens with two attached hydrogens (primary N) is 1. The molecule has 2 N–H and O–H groups in total. The summed E-state index contributed by atoms with van der Waals surface area (Å²) < 4.78 is 1.83. The first-order valence-electron chi connectivity index (χ1n) is 6.58. The van der Waals surface area contributed by atoms with Crippen molar-refractivity contribution in [2.24, 2.45) is 12.8 Å². The summed E-state index contributed by atoms with van der Waals surface area (Å²) in [5.41, 5.74) is 7.50. The van der Waals surface area contributed by atoms with Crippen LogP contribution in [0.3, 0.4) is 0 Å². The highest BCUT2D eigenvalue weighted by Gasteiger charge is 2.39. The highest BCUT2D eigenvalue weighted by Crippen LogP contribution is 2.34. The van der Waals surface area contributed by atoms with E-state index in [-0.39, 0.29) is 11.6 Å². The summed E-state index contributed by atoms with van der Waals surface area (Å²) in [6, 6.07) is 2.03. The minimum atomic E-state index is -0.00759. The zero-order chi connectivity index (χ0) is 12.5. The molecule has 96 valence electrons. The van der Waals surface area contributed by atoms with Crippen molar-refractivity contribution >= 4 is 0 Å². The van der Waals surface area contributed by atoms with Crippen molar-refractivity contribution in [1.82, 2.24) is 14.7 Å². The Bertz CT molecular complexity index is 367. The van der Waals surface area contributed by atoms with Gasteiger partial charge in [0.05, 0.1) is 11.7 Å². The van der Waals surface area contributed by atoms with E-state index < -0.39 is 0 Å². The molecule has 0 saturated carbocycles. The van der Waals surface area contributed by atoms with Gasteiger partial charge >= 0.3 is 0 Å². The molecule has 4 heteroatoms. The summed E-state index contributed by atoms with van der Waals surface area (Å²) in [6.07, 6.45) is 5.62. The van der Waals surface area contributed by atoms with Gasteiger partial charge in [-0.3, -0.25) is 9.58 Å². The van der Waals surface area contributed by atoms with E-state index >= 15 is 0 Å². The number of aromatic nitrogens is 2. The van der Waals surface area contributed by atoms with Gasteiger partial charge in [-0.05, 0) is 45.3 Å². The van der Waals surface area contributed by atoms with Crippen LogP contribution in [0.1, 0.15) is 44.8 Å². The second-order valence-electron chi connectivity index (χ2n) is 5.30. The van der Waals surface area contributed by atoms with Crippen LogP contribution in [0.2, 0.25) is 0 Å². The van der Waals surface area contributed by atoms with Crippen LogP contribution in [-0.4, -0.2) is 33.3 Å². The highest BCUT2D eigenvalue weighted by molar-refractivity contribution is 5.13. The fourth-order valence-electron chi connectivity index (χ4n) is 2.79. The molecule has 0 aliphatic carbocycles. The summed E-state index contributed by atoms with van der Waals surface area (Å²) in [5.74, 6) is 0. The van der Waals surface area contributed by atoms with Gasteiger partial charge in [0.15, 0.2) is 0 Å². The summed E-state index contributed by atoms with van der Waals surface area (Å²) >= 11 is 0. The molecule has 1 aromatic rings. The number of hydrogen-bond acceptors (Lipinski definition) is 3. The Hall–Kier alpha value is -0.870. The lowest BCUT2D eigenvalue weighted by atomic mass is 9.86. The smallest absolute Gasteiger partial charge is 0.0810 e. The molecule has 2 rings (SSSR count). The third-order valence-corrected chi connectivity index (χ3v) is 4.27. The minimum Gasteiger partial charge on any atom is -0.321 e. The predicted octanol–water partition coefficient (Wildman–Crippen LogP) is 1.68. The topological polar surface area (TPSA) is 47.1 Å². The summed E-state index contributed by atoms with van der Waals surface area (Å²) in [6.45, 7) is 6.84. The van der Waals surface area contributed by atoms with Crippen molar-refractivity contribution in [3.8, 4) is 0 Å². The normalized spacial score (nSPS) is 22.6. The van der Waals surface area contributed by atoms with E-state index in [1.807, 2.05) is 24.0 Å². The average Bonchev–Trinajstić information content (AvgIpc) is 2.97. The average molecular weight is 236 g/mol. The molecule has 0 bridgehead atoms. The third-order valence-electron chi connectivity index (χ3n) is 4.27. The molecule has 0 amide bonds. The molecule has 2 unspecified atom stereocenters. The van der Waals surface area contributed by atoms with E-state index in [4.69, 9.17) is 5.73 Å². The fraction of sp³-hybridized carbons (Fsp3) is 0.769. The molecule has 1 aliphatic heterocycles. The standard InChI is InChI=1S/C13H24N4/c1-4-13(2,17-8-5-6-9-17)12(14)11-7-10-16(3)15-11/h7,10,12H,4-6,8-9,14H2,1-3H3. The lowest BCUT2D eigenvalue weighted by Crippen LogP contribution is -2.52. The molecule has 0 aromatic carbocycles. The SMILES string of the molecule is CCC(C)(C(N)c1ccn(C)n1)N1CCCC1. The molecule has 2 heterocycles.